The first-order valence-corrected chi connectivity index (χ1v) is 6.20. The Morgan fingerprint density at radius 1 is 1.25 bits per heavy atom. The molecular formula is C12H20ClN3. The van der Waals surface area contributed by atoms with Crippen molar-refractivity contribution in [2.24, 2.45) is 0 Å². The quantitative estimate of drug-likeness (QED) is 0.816. The molecule has 1 aromatic rings. The number of halogens is 1. The van der Waals surface area contributed by atoms with E-state index in [0.717, 1.165) is 5.92 Å². The zero-order chi connectivity index (χ0) is 10.1. The molecule has 4 heteroatoms. The number of fused-ring (bicyclic) bond motifs is 1. The fourth-order valence-electron chi connectivity index (χ4n) is 2.88. The lowest BCUT2D eigenvalue weighted by atomic mass is 9.94. The van der Waals surface area contributed by atoms with Crippen LogP contribution in [0.4, 0.5) is 0 Å². The highest BCUT2D eigenvalue weighted by Gasteiger charge is 2.22. The number of aryl methyl sites for hydroxylation is 1. The van der Waals surface area contributed by atoms with E-state index in [0.29, 0.717) is 0 Å². The average Bonchev–Trinajstić information content (AvgIpc) is 2.74. The highest BCUT2D eigenvalue weighted by molar-refractivity contribution is 5.85. The van der Waals surface area contributed by atoms with Crippen molar-refractivity contribution in [1.82, 2.24) is 14.9 Å². The average molecular weight is 242 g/mol. The van der Waals surface area contributed by atoms with E-state index in [1.807, 2.05) is 0 Å². The van der Waals surface area contributed by atoms with Crippen molar-refractivity contribution in [3.8, 4) is 0 Å². The zero-order valence-electron chi connectivity index (χ0n) is 9.61. The molecule has 1 aromatic heterocycles. The third kappa shape index (κ3) is 2.11. The lowest BCUT2D eigenvalue weighted by Crippen LogP contribution is -2.28. The van der Waals surface area contributed by atoms with Crippen LogP contribution in [0.3, 0.4) is 0 Å². The third-order valence-electron chi connectivity index (χ3n) is 3.76. The van der Waals surface area contributed by atoms with Gasteiger partial charge in [-0.1, -0.05) is 0 Å². The number of piperidine rings is 1. The van der Waals surface area contributed by atoms with Gasteiger partial charge in [0.25, 0.3) is 0 Å². The summed E-state index contributed by atoms with van der Waals surface area (Å²) < 4.78 is 2.49. The van der Waals surface area contributed by atoms with Crippen molar-refractivity contribution < 1.29 is 0 Å². The Kier molecular flexibility index (Phi) is 3.87. The Balaban J connectivity index is 0.000000963. The summed E-state index contributed by atoms with van der Waals surface area (Å²) in [5, 5.41) is 3.43. The molecule has 0 aromatic carbocycles. The number of rotatable bonds is 1. The van der Waals surface area contributed by atoms with Crippen molar-refractivity contribution in [1.29, 1.82) is 0 Å². The van der Waals surface area contributed by atoms with Gasteiger partial charge in [0.2, 0.25) is 0 Å². The predicted molar refractivity (Wildman–Crippen MR) is 67.3 cm³/mol. The molecule has 3 heterocycles. The van der Waals surface area contributed by atoms with Gasteiger partial charge in [-0.2, -0.15) is 0 Å². The summed E-state index contributed by atoms with van der Waals surface area (Å²) in [4.78, 5) is 4.57. The number of aromatic nitrogens is 2. The Morgan fingerprint density at radius 3 is 2.88 bits per heavy atom. The smallest absolute Gasteiger partial charge is 0.108 e. The minimum Gasteiger partial charge on any atom is -0.332 e. The molecule has 2 aliphatic rings. The van der Waals surface area contributed by atoms with E-state index < -0.39 is 0 Å². The number of hydrogen-bond donors (Lipinski definition) is 1. The van der Waals surface area contributed by atoms with E-state index in [9.17, 15) is 0 Å². The maximum absolute atomic E-state index is 4.57. The van der Waals surface area contributed by atoms with Crippen molar-refractivity contribution in [2.45, 2.75) is 44.6 Å². The van der Waals surface area contributed by atoms with Gasteiger partial charge >= 0.3 is 0 Å². The molecule has 1 fully saturated rings. The molecule has 3 rings (SSSR count). The standard InChI is InChI=1S/C12H19N3.ClH/c1-2-8-15-11(9-14-12(15)3-1)10-4-6-13-7-5-10;/h9-10,13H,1-8H2;1H. The van der Waals surface area contributed by atoms with Crippen LogP contribution in [0.15, 0.2) is 6.20 Å². The molecule has 0 amide bonds. The van der Waals surface area contributed by atoms with Crippen molar-refractivity contribution >= 4 is 12.4 Å². The number of hydrogen-bond acceptors (Lipinski definition) is 2. The summed E-state index contributed by atoms with van der Waals surface area (Å²) >= 11 is 0. The van der Waals surface area contributed by atoms with E-state index in [4.69, 9.17) is 0 Å². The molecule has 0 radical (unpaired) electrons. The summed E-state index contributed by atoms with van der Waals surface area (Å²) in [6, 6.07) is 0. The van der Waals surface area contributed by atoms with Crippen molar-refractivity contribution in [2.75, 3.05) is 13.1 Å². The fourth-order valence-corrected chi connectivity index (χ4v) is 2.88. The van der Waals surface area contributed by atoms with Crippen LogP contribution in [0, 0.1) is 0 Å². The summed E-state index contributed by atoms with van der Waals surface area (Å²) in [5.41, 5.74) is 1.51. The highest BCUT2D eigenvalue weighted by atomic mass is 35.5. The molecule has 90 valence electrons. The molecule has 0 saturated carbocycles. The lowest BCUT2D eigenvalue weighted by Gasteiger charge is -2.25. The van der Waals surface area contributed by atoms with Gasteiger partial charge in [-0.15, -0.1) is 12.4 Å². The molecule has 0 spiro atoms. The van der Waals surface area contributed by atoms with Crippen molar-refractivity contribution in [3.05, 3.63) is 17.7 Å². The summed E-state index contributed by atoms with van der Waals surface area (Å²) in [5.74, 6) is 2.08. The van der Waals surface area contributed by atoms with Crippen LogP contribution in [-0.2, 0) is 13.0 Å². The fraction of sp³-hybridized carbons (Fsp3) is 0.750. The van der Waals surface area contributed by atoms with Gasteiger partial charge in [0.05, 0.1) is 0 Å². The van der Waals surface area contributed by atoms with Gasteiger partial charge < -0.3 is 9.88 Å². The summed E-state index contributed by atoms with van der Waals surface area (Å²) in [6.45, 7) is 3.55. The molecule has 0 atom stereocenters. The number of imidazole rings is 1. The van der Waals surface area contributed by atoms with Gasteiger partial charge in [-0.05, 0) is 38.8 Å². The predicted octanol–water partition coefficient (Wildman–Crippen LogP) is 2.11. The van der Waals surface area contributed by atoms with E-state index >= 15 is 0 Å². The van der Waals surface area contributed by atoms with Crippen LogP contribution < -0.4 is 5.32 Å². The van der Waals surface area contributed by atoms with Crippen LogP contribution in [0.5, 0.6) is 0 Å². The molecule has 0 aliphatic carbocycles. The Labute approximate surface area is 103 Å². The van der Waals surface area contributed by atoms with Crippen LogP contribution in [0.2, 0.25) is 0 Å². The topological polar surface area (TPSA) is 29.9 Å². The van der Waals surface area contributed by atoms with Gasteiger partial charge in [0, 0.05) is 30.8 Å². The zero-order valence-corrected chi connectivity index (χ0v) is 10.4. The molecule has 0 bridgehead atoms. The number of nitrogens with one attached hydrogen (secondary N) is 1. The normalized spacial score (nSPS) is 21.2. The minimum atomic E-state index is 0. The Morgan fingerprint density at radius 2 is 2.06 bits per heavy atom. The molecule has 16 heavy (non-hydrogen) atoms. The highest BCUT2D eigenvalue weighted by Crippen LogP contribution is 2.28. The lowest BCUT2D eigenvalue weighted by molar-refractivity contribution is 0.422. The summed E-state index contributed by atoms with van der Waals surface area (Å²) in [7, 11) is 0. The molecule has 0 unspecified atom stereocenters. The first-order chi connectivity index (χ1) is 7.45. The van der Waals surface area contributed by atoms with E-state index in [2.05, 4.69) is 21.1 Å². The maximum atomic E-state index is 4.57. The van der Waals surface area contributed by atoms with Crippen molar-refractivity contribution in [3.63, 3.8) is 0 Å². The minimum absolute atomic E-state index is 0. The largest absolute Gasteiger partial charge is 0.332 e. The second kappa shape index (κ2) is 5.19. The third-order valence-corrected chi connectivity index (χ3v) is 3.76. The first-order valence-electron chi connectivity index (χ1n) is 6.20. The second-order valence-corrected chi connectivity index (χ2v) is 4.73. The molecule has 2 aliphatic heterocycles. The van der Waals surface area contributed by atoms with E-state index in [1.165, 1.54) is 63.3 Å². The van der Waals surface area contributed by atoms with Crippen LogP contribution >= 0.6 is 12.4 Å². The van der Waals surface area contributed by atoms with E-state index in [-0.39, 0.29) is 12.4 Å². The van der Waals surface area contributed by atoms with Crippen LogP contribution in [0.1, 0.15) is 43.1 Å². The second-order valence-electron chi connectivity index (χ2n) is 4.73. The first kappa shape index (κ1) is 11.9. The van der Waals surface area contributed by atoms with Gasteiger partial charge in [0.15, 0.2) is 0 Å². The van der Waals surface area contributed by atoms with Crippen LogP contribution in [0.25, 0.3) is 0 Å². The van der Waals surface area contributed by atoms with Gasteiger partial charge in [-0.25, -0.2) is 4.98 Å². The Bertz CT molecular complexity index is 342. The molecule has 1 N–H and O–H groups in total. The van der Waals surface area contributed by atoms with Gasteiger partial charge in [0.1, 0.15) is 5.82 Å². The van der Waals surface area contributed by atoms with Gasteiger partial charge in [-0.3, -0.25) is 0 Å². The van der Waals surface area contributed by atoms with Crippen LogP contribution in [-0.4, -0.2) is 22.6 Å². The number of nitrogens with zero attached hydrogens (tertiary/aromatic N) is 2. The molecule has 1 saturated heterocycles. The summed E-state index contributed by atoms with van der Waals surface area (Å²) in [6.07, 6.45) is 8.54. The molecular weight excluding hydrogens is 222 g/mol. The maximum Gasteiger partial charge on any atom is 0.108 e. The monoisotopic (exact) mass is 241 g/mol. The SMILES string of the molecule is Cl.c1nc2n(c1C1CCNCC1)CCCC2. The van der Waals surface area contributed by atoms with E-state index in [1.54, 1.807) is 0 Å². The molecule has 3 nitrogen and oxygen atoms in total. The Hall–Kier alpha value is -0.540.